The lowest BCUT2D eigenvalue weighted by Crippen LogP contribution is -2.42. The number of benzene rings is 1. The van der Waals surface area contributed by atoms with Crippen LogP contribution in [-0.4, -0.2) is 25.0 Å². The van der Waals surface area contributed by atoms with E-state index in [9.17, 15) is 4.79 Å². The minimum absolute atomic E-state index is 0.114. The molecule has 0 saturated heterocycles. The molecule has 1 aliphatic carbocycles. The molecule has 0 radical (unpaired) electrons. The fourth-order valence-corrected chi connectivity index (χ4v) is 2.02. The Kier molecular flexibility index (Phi) is 2.72. The molecule has 2 rings (SSSR count). The molecule has 86 valence electrons. The van der Waals surface area contributed by atoms with Crippen molar-refractivity contribution in [1.82, 2.24) is 10.4 Å². The van der Waals surface area contributed by atoms with E-state index in [0.29, 0.717) is 0 Å². The van der Waals surface area contributed by atoms with Crippen LogP contribution in [0.15, 0.2) is 24.3 Å². The molecule has 1 saturated carbocycles. The Labute approximate surface area is 96.4 Å². The summed E-state index contributed by atoms with van der Waals surface area (Å²) in [5.41, 5.74) is 4.95. The van der Waals surface area contributed by atoms with E-state index in [1.807, 2.05) is 20.2 Å². The van der Waals surface area contributed by atoms with Gasteiger partial charge >= 0.3 is 0 Å². The first-order chi connectivity index (χ1) is 7.54. The van der Waals surface area contributed by atoms with E-state index in [1.165, 1.54) is 5.56 Å². The lowest BCUT2D eigenvalue weighted by atomic mass is 9.94. The smallest absolute Gasteiger partial charge is 0.244 e. The SMILES string of the molecule is Cc1cccc(C2(C(=O)NN(C)C)CC2)c1. The van der Waals surface area contributed by atoms with Gasteiger partial charge in [0.2, 0.25) is 5.91 Å². The van der Waals surface area contributed by atoms with Gasteiger partial charge in [-0.2, -0.15) is 0 Å². The highest BCUT2D eigenvalue weighted by atomic mass is 16.2. The molecule has 0 heterocycles. The summed E-state index contributed by atoms with van der Waals surface area (Å²) in [7, 11) is 3.68. The van der Waals surface area contributed by atoms with E-state index in [0.717, 1.165) is 18.4 Å². The van der Waals surface area contributed by atoms with Gasteiger partial charge in [0, 0.05) is 14.1 Å². The van der Waals surface area contributed by atoms with Crippen LogP contribution in [0.5, 0.6) is 0 Å². The van der Waals surface area contributed by atoms with Crippen molar-refractivity contribution in [2.45, 2.75) is 25.2 Å². The first-order valence-corrected chi connectivity index (χ1v) is 5.60. The average molecular weight is 218 g/mol. The van der Waals surface area contributed by atoms with Crippen molar-refractivity contribution in [3.63, 3.8) is 0 Å². The van der Waals surface area contributed by atoms with Crippen molar-refractivity contribution >= 4 is 5.91 Å². The Hall–Kier alpha value is -1.35. The normalized spacial score (nSPS) is 17.2. The second-order valence-corrected chi connectivity index (χ2v) is 4.79. The number of carbonyl (C=O) groups is 1. The van der Waals surface area contributed by atoms with Gasteiger partial charge in [-0.1, -0.05) is 29.8 Å². The van der Waals surface area contributed by atoms with Crippen molar-refractivity contribution in [3.05, 3.63) is 35.4 Å². The maximum atomic E-state index is 12.1. The van der Waals surface area contributed by atoms with Gasteiger partial charge in [-0.3, -0.25) is 10.2 Å². The predicted molar refractivity (Wildman–Crippen MR) is 63.9 cm³/mol. The zero-order valence-corrected chi connectivity index (χ0v) is 10.1. The average Bonchev–Trinajstić information content (AvgIpc) is 2.97. The molecule has 1 aromatic carbocycles. The van der Waals surface area contributed by atoms with Crippen LogP contribution in [-0.2, 0) is 10.2 Å². The van der Waals surface area contributed by atoms with Crippen molar-refractivity contribution < 1.29 is 4.79 Å². The summed E-state index contributed by atoms with van der Waals surface area (Å²) < 4.78 is 0. The molecule has 1 aromatic rings. The molecule has 0 atom stereocenters. The molecule has 3 nitrogen and oxygen atoms in total. The number of carbonyl (C=O) groups excluding carboxylic acids is 1. The molecular weight excluding hydrogens is 200 g/mol. The van der Waals surface area contributed by atoms with Crippen LogP contribution in [0.25, 0.3) is 0 Å². The maximum absolute atomic E-state index is 12.1. The zero-order valence-electron chi connectivity index (χ0n) is 10.1. The van der Waals surface area contributed by atoms with Gasteiger partial charge < -0.3 is 0 Å². The van der Waals surface area contributed by atoms with E-state index >= 15 is 0 Å². The molecule has 1 fully saturated rings. The number of hydrogen-bond acceptors (Lipinski definition) is 2. The van der Waals surface area contributed by atoms with Crippen LogP contribution in [0, 0.1) is 6.92 Å². The molecule has 1 aliphatic rings. The largest absolute Gasteiger partial charge is 0.289 e. The summed E-state index contributed by atoms with van der Waals surface area (Å²) >= 11 is 0. The summed E-state index contributed by atoms with van der Waals surface area (Å²) in [5.74, 6) is 0.114. The summed E-state index contributed by atoms with van der Waals surface area (Å²) in [4.78, 5) is 12.1. The third kappa shape index (κ3) is 1.95. The Morgan fingerprint density at radius 3 is 2.56 bits per heavy atom. The first-order valence-electron chi connectivity index (χ1n) is 5.60. The Morgan fingerprint density at radius 1 is 1.38 bits per heavy atom. The fourth-order valence-electron chi connectivity index (χ4n) is 2.02. The van der Waals surface area contributed by atoms with Crippen molar-refractivity contribution in [1.29, 1.82) is 0 Å². The molecule has 0 spiro atoms. The number of nitrogens with one attached hydrogen (secondary N) is 1. The maximum Gasteiger partial charge on any atom is 0.244 e. The van der Waals surface area contributed by atoms with Gasteiger partial charge in [-0.05, 0) is 25.3 Å². The molecule has 1 N–H and O–H groups in total. The van der Waals surface area contributed by atoms with E-state index in [-0.39, 0.29) is 11.3 Å². The van der Waals surface area contributed by atoms with E-state index in [2.05, 4.69) is 30.5 Å². The lowest BCUT2D eigenvalue weighted by molar-refractivity contribution is -0.127. The minimum Gasteiger partial charge on any atom is -0.289 e. The number of amides is 1. The number of hydrogen-bond donors (Lipinski definition) is 1. The van der Waals surface area contributed by atoms with Gasteiger partial charge in [0.05, 0.1) is 5.41 Å². The molecule has 0 bridgehead atoms. The fraction of sp³-hybridized carbons (Fsp3) is 0.462. The van der Waals surface area contributed by atoms with Crippen LogP contribution < -0.4 is 5.43 Å². The number of aryl methyl sites for hydroxylation is 1. The van der Waals surface area contributed by atoms with Crippen LogP contribution >= 0.6 is 0 Å². The van der Waals surface area contributed by atoms with Crippen molar-refractivity contribution in [2.75, 3.05) is 14.1 Å². The number of nitrogens with zero attached hydrogens (tertiary/aromatic N) is 1. The van der Waals surface area contributed by atoms with Gasteiger partial charge in [-0.15, -0.1) is 0 Å². The lowest BCUT2D eigenvalue weighted by Gasteiger charge is -2.19. The summed E-state index contributed by atoms with van der Waals surface area (Å²) in [6.07, 6.45) is 1.91. The Morgan fingerprint density at radius 2 is 2.06 bits per heavy atom. The standard InChI is InChI=1S/C13H18N2O/c1-10-5-4-6-11(9-10)13(7-8-13)12(16)14-15(2)3/h4-6,9H,7-8H2,1-3H3,(H,14,16). The quantitative estimate of drug-likeness (QED) is 0.782. The van der Waals surface area contributed by atoms with E-state index in [1.54, 1.807) is 5.01 Å². The summed E-state index contributed by atoms with van der Waals surface area (Å²) in [6.45, 7) is 2.06. The number of rotatable bonds is 3. The monoisotopic (exact) mass is 218 g/mol. The summed E-state index contributed by atoms with van der Waals surface area (Å²) in [5, 5.41) is 1.71. The van der Waals surface area contributed by atoms with Gasteiger partial charge in [0.25, 0.3) is 0 Å². The third-order valence-electron chi connectivity index (χ3n) is 3.08. The zero-order chi connectivity index (χ0) is 11.8. The highest BCUT2D eigenvalue weighted by Gasteiger charge is 2.51. The summed E-state index contributed by atoms with van der Waals surface area (Å²) in [6, 6.07) is 8.24. The second kappa shape index (κ2) is 3.91. The third-order valence-corrected chi connectivity index (χ3v) is 3.08. The molecule has 0 unspecified atom stereocenters. The van der Waals surface area contributed by atoms with Crippen LogP contribution in [0.1, 0.15) is 24.0 Å². The Bertz CT molecular complexity index is 408. The van der Waals surface area contributed by atoms with E-state index < -0.39 is 0 Å². The minimum atomic E-state index is -0.268. The van der Waals surface area contributed by atoms with Gasteiger partial charge in [0.1, 0.15) is 0 Å². The van der Waals surface area contributed by atoms with Gasteiger partial charge in [0.15, 0.2) is 0 Å². The predicted octanol–water partition coefficient (Wildman–Crippen LogP) is 1.62. The highest BCUT2D eigenvalue weighted by Crippen LogP contribution is 2.48. The topological polar surface area (TPSA) is 32.3 Å². The molecule has 1 amide bonds. The molecule has 16 heavy (non-hydrogen) atoms. The molecule has 0 aromatic heterocycles. The molecule has 3 heteroatoms. The van der Waals surface area contributed by atoms with Crippen LogP contribution in [0.3, 0.4) is 0 Å². The molecular formula is C13H18N2O. The highest BCUT2D eigenvalue weighted by molar-refractivity contribution is 5.90. The first kappa shape index (κ1) is 11.1. The Balaban J connectivity index is 2.23. The van der Waals surface area contributed by atoms with E-state index in [4.69, 9.17) is 0 Å². The van der Waals surface area contributed by atoms with Crippen LogP contribution in [0.4, 0.5) is 0 Å². The van der Waals surface area contributed by atoms with Crippen molar-refractivity contribution in [2.24, 2.45) is 0 Å². The second-order valence-electron chi connectivity index (χ2n) is 4.79. The van der Waals surface area contributed by atoms with Crippen molar-refractivity contribution in [3.8, 4) is 0 Å². The van der Waals surface area contributed by atoms with Gasteiger partial charge in [-0.25, -0.2) is 5.01 Å². The number of hydrazine groups is 1. The van der Waals surface area contributed by atoms with Crippen LogP contribution in [0.2, 0.25) is 0 Å². The molecule has 0 aliphatic heterocycles.